The van der Waals surface area contributed by atoms with Crippen LogP contribution in [-0.2, 0) is 49.1 Å². The predicted octanol–water partition coefficient (Wildman–Crippen LogP) is 6.45. The fourth-order valence-corrected chi connectivity index (χ4v) is 11.3. The highest BCUT2D eigenvalue weighted by Crippen LogP contribution is 2.41. The van der Waals surface area contributed by atoms with Crippen LogP contribution in [0.15, 0.2) is 24.3 Å². The SMILES string of the molecule is CCCCCNC(=O)O[C@@H]1[C@@H](C)N(C)C[C@H](C)C[C@](C)(O)[C@H](O[C@@H]2O[C@H](C)C[C@H](N(C)C)[C@H]2O)[C@@H](C)[C@H](O[C@H]2C[C@@](C)(OC)[C@@H](OC(=O)NCCc3ccccc3Cl)[C@H](C)O2)[C@@H](C)C(=O)O[C@H](CC)[C@@]1(C)O. The van der Waals surface area contributed by atoms with E-state index in [2.05, 4.69) is 17.6 Å². The zero-order valence-corrected chi connectivity index (χ0v) is 46.6. The van der Waals surface area contributed by atoms with Crippen LogP contribution in [0.3, 0.4) is 0 Å². The molecule has 72 heavy (non-hydrogen) atoms. The smallest absolute Gasteiger partial charge is 0.407 e. The van der Waals surface area contributed by atoms with Crippen molar-refractivity contribution in [2.45, 2.75) is 218 Å². The molecule has 3 saturated heterocycles. The standard InChI is InChI=1S/C53H91ClN4O14/c1-16-18-21-25-55-49(61)71-45-35(7)58(14)30-31(3)28-51(9,63)44(70-48-42(59)39(57(12)13)27-32(4)66-48)33(5)43(34(6)47(60)68-40(17-2)53(45,11)64)69-41-29-52(10,65-15)46(36(8)67-41)72-50(62)56-26-24-37-22-19-20-23-38(37)54/h19-20,22-23,31-36,39-46,48,59,63-64H,16-18,21,24-30H2,1-15H3,(H,55,61)(H,56,62)/t31-,32-,33+,34-,35-,36+,39+,40-,41+,42-,43+,44-,45-,46+,48+,51+,52-,53-/m1/s1. The Labute approximate surface area is 434 Å². The first-order valence-corrected chi connectivity index (χ1v) is 26.6. The van der Waals surface area contributed by atoms with Gasteiger partial charge in [0.25, 0.3) is 0 Å². The summed E-state index contributed by atoms with van der Waals surface area (Å²) in [5.41, 5.74) is -3.83. The number of likely N-dealkylation sites (N-methyl/N-ethyl adjacent to an activating group) is 2. The van der Waals surface area contributed by atoms with E-state index in [9.17, 15) is 29.7 Å². The first kappa shape index (κ1) is 61.7. The van der Waals surface area contributed by atoms with Gasteiger partial charge in [0.1, 0.15) is 23.4 Å². The topological polar surface area (TPSA) is 216 Å². The number of esters is 1. The van der Waals surface area contributed by atoms with Crippen LogP contribution in [-0.4, -0.2) is 181 Å². The summed E-state index contributed by atoms with van der Waals surface area (Å²) in [4.78, 5) is 45.4. The van der Waals surface area contributed by atoms with E-state index in [4.69, 9.17) is 49.5 Å². The summed E-state index contributed by atoms with van der Waals surface area (Å²) in [5.74, 6) is -2.94. The minimum atomic E-state index is -1.90. The monoisotopic (exact) mass is 1040 g/mol. The third-order valence-corrected chi connectivity index (χ3v) is 15.6. The van der Waals surface area contributed by atoms with Gasteiger partial charge in [-0.15, -0.1) is 0 Å². The van der Waals surface area contributed by atoms with Crippen LogP contribution in [0.25, 0.3) is 0 Å². The van der Waals surface area contributed by atoms with Crippen molar-refractivity contribution in [3.8, 4) is 0 Å². The van der Waals surface area contributed by atoms with Crippen LogP contribution >= 0.6 is 11.6 Å². The predicted molar refractivity (Wildman–Crippen MR) is 273 cm³/mol. The van der Waals surface area contributed by atoms with Gasteiger partial charge < -0.3 is 68.7 Å². The van der Waals surface area contributed by atoms with Crippen molar-refractivity contribution in [3.63, 3.8) is 0 Å². The number of nitrogens with zero attached hydrogens (tertiary/aromatic N) is 2. The lowest BCUT2D eigenvalue weighted by Crippen LogP contribution is -2.61. The number of nitrogens with one attached hydrogen (secondary N) is 2. The largest absolute Gasteiger partial charge is 0.459 e. The highest BCUT2D eigenvalue weighted by Gasteiger charge is 2.54. The molecule has 18 atom stereocenters. The van der Waals surface area contributed by atoms with Gasteiger partial charge >= 0.3 is 18.2 Å². The van der Waals surface area contributed by atoms with E-state index in [1.807, 2.05) is 76.8 Å². The quantitative estimate of drug-likeness (QED) is 0.0683. The molecule has 0 saturated carbocycles. The highest BCUT2D eigenvalue weighted by molar-refractivity contribution is 6.31. The van der Waals surface area contributed by atoms with Crippen molar-refractivity contribution in [2.24, 2.45) is 17.8 Å². The van der Waals surface area contributed by atoms with Gasteiger partial charge in [-0.1, -0.05) is 70.3 Å². The second-order valence-electron chi connectivity index (χ2n) is 21.8. The molecule has 18 nitrogen and oxygen atoms in total. The Morgan fingerprint density at radius 1 is 0.903 bits per heavy atom. The fourth-order valence-electron chi connectivity index (χ4n) is 11.0. The molecule has 1 aromatic rings. The van der Waals surface area contributed by atoms with E-state index in [1.54, 1.807) is 40.7 Å². The fraction of sp³-hybridized carbons (Fsp3) is 0.830. The maximum absolute atomic E-state index is 14.9. The number of aliphatic hydroxyl groups excluding tert-OH is 1. The van der Waals surface area contributed by atoms with E-state index >= 15 is 0 Å². The number of hydrogen-bond acceptors (Lipinski definition) is 16. The number of carbonyl (C=O) groups is 3. The van der Waals surface area contributed by atoms with Gasteiger partial charge in [-0.2, -0.15) is 0 Å². The summed E-state index contributed by atoms with van der Waals surface area (Å²) in [6.07, 6.45) is -7.30. The zero-order chi connectivity index (χ0) is 53.9. The van der Waals surface area contributed by atoms with Crippen molar-refractivity contribution in [2.75, 3.05) is 47.9 Å². The van der Waals surface area contributed by atoms with Gasteiger partial charge in [-0.3, -0.25) is 9.69 Å². The van der Waals surface area contributed by atoms with Crippen LogP contribution in [0.1, 0.15) is 127 Å². The Balaban J connectivity index is 1.75. The summed E-state index contributed by atoms with van der Waals surface area (Å²) in [7, 11) is 7.12. The van der Waals surface area contributed by atoms with Gasteiger partial charge in [0.2, 0.25) is 0 Å². The van der Waals surface area contributed by atoms with Crippen molar-refractivity contribution in [1.29, 1.82) is 0 Å². The second-order valence-corrected chi connectivity index (χ2v) is 22.2. The molecule has 0 aliphatic carbocycles. The molecule has 0 radical (unpaired) electrons. The van der Waals surface area contributed by atoms with E-state index < -0.39 is 108 Å². The molecule has 19 heteroatoms. The Morgan fingerprint density at radius 2 is 1.54 bits per heavy atom. The highest BCUT2D eigenvalue weighted by atomic mass is 35.5. The maximum Gasteiger partial charge on any atom is 0.407 e. The summed E-state index contributed by atoms with van der Waals surface area (Å²) < 4.78 is 51.1. The number of benzene rings is 1. The normalized spacial score (nSPS) is 38.8. The van der Waals surface area contributed by atoms with Gasteiger partial charge in [-0.25, -0.2) is 9.59 Å². The number of rotatable bonds is 16. The molecule has 0 aromatic heterocycles. The molecule has 3 heterocycles. The Hall–Kier alpha value is -2.88. The van der Waals surface area contributed by atoms with Crippen molar-refractivity contribution >= 4 is 29.8 Å². The number of amides is 2. The lowest BCUT2D eigenvalue weighted by Gasteiger charge is -2.49. The average Bonchev–Trinajstić information content (AvgIpc) is 3.30. The number of methoxy groups -OCH3 is 1. The van der Waals surface area contributed by atoms with E-state index in [1.165, 1.54) is 14.0 Å². The van der Waals surface area contributed by atoms with Crippen LogP contribution in [0.2, 0.25) is 5.02 Å². The van der Waals surface area contributed by atoms with Crippen molar-refractivity contribution in [1.82, 2.24) is 20.4 Å². The lowest BCUT2D eigenvalue weighted by atomic mass is 9.77. The molecule has 2 amide bonds. The van der Waals surface area contributed by atoms with E-state index in [-0.39, 0.29) is 43.9 Å². The Bertz CT molecular complexity index is 1860. The second kappa shape index (κ2) is 27.3. The Morgan fingerprint density at radius 3 is 2.15 bits per heavy atom. The maximum atomic E-state index is 14.9. The number of aliphatic hydroxyl groups is 3. The van der Waals surface area contributed by atoms with Crippen molar-refractivity contribution < 1.29 is 67.6 Å². The number of alkyl carbamates (subject to hydrolysis) is 2. The molecule has 4 rings (SSSR count). The first-order chi connectivity index (χ1) is 33.7. The lowest BCUT2D eigenvalue weighted by molar-refractivity contribution is -0.317. The molecule has 3 aliphatic heterocycles. The average molecular weight is 1040 g/mol. The van der Waals surface area contributed by atoms with Crippen LogP contribution in [0, 0.1) is 17.8 Å². The Kier molecular flexibility index (Phi) is 23.3. The van der Waals surface area contributed by atoms with Gasteiger partial charge in [0.15, 0.2) is 24.8 Å². The van der Waals surface area contributed by atoms with Gasteiger partial charge in [0.05, 0.1) is 35.9 Å². The molecule has 3 aliphatic rings. The first-order valence-electron chi connectivity index (χ1n) is 26.2. The number of halogens is 1. The number of unbranched alkanes of at least 4 members (excludes halogenated alkanes) is 2. The number of cyclic esters (lactones) is 1. The van der Waals surface area contributed by atoms with Crippen molar-refractivity contribution in [3.05, 3.63) is 34.9 Å². The molecule has 0 bridgehead atoms. The molecule has 0 unspecified atom stereocenters. The van der Waals surface area contributed by atoms with Gasteiger partial charge in [-0.05, 0) is 119 Å². The number of carbonyl (C=O) groups excluding carboxylic acids is 3. The molecule has 3 fully saturated rings. The summed E-state index contributed by atoms with van der Waals surface area (Å²) in [6.45, 7) is 20.8. The minimum Gasteiger partial charge on any atom is -0.459 e. The zero-order valence-electron chi connectivity index (χ0n) is 45.9. The molecule has 1 aromatic carbocycles. The molecule has 0 spiro atoms. The third kappa shape index (κ3) is 16.1. The summed E-state index contributed by atoms with van der Waals surface area (Å²) in [5, 5.41) is 43.5. The molecular weight excluding hydrogens is 952 g/mol. The van der Waals surface area contributed by atoms with Gasteiger partial charge in [0, 0.05) is 56.2 Å². The van der Waals surface area contributed by atoms with Crippen LogP contribution in [0.5, 0.6) is 0 Å². The molecule has 5 N–H and O–H groups in total. The molecular formula is C53H91ClN4O14. The third-order valence-electron chi connectivity index (χ3n) is 15.3. The van der Waals surface area contributed by atoms with Crippen LogP contribution < -0.4 is 10.6 Å². The summed E-state index contributed by atoms with van der Waals surface area (Å²) >= 11 is 6.34. The van der Waals surface area contributed by atoms with E-state index in [0.29, 0.717) is 31.0 Å². The molecule has 414 valence electrons. The number of ether oxygens (including phenoxy) is 8. The van der Waals surface area contributed by atoms with E-state index in [0.717, 1.165) is 24.8 Å². The number of hydrogen-bond donors (Lipinski definition) is 5. The van der Waals surface area contributed by atoms with Crippen LogP contribution in [0.4, 0.5) is 9.59 Å². The minimum absolute atomic E-state index is 0.0396. The summed E-state index contributed by atoms with van der Waals surface area (Å²) in [6, 6.07) is 6.46.